The summed E-state index contributed by atoms with van der Waals surface area (Å²) in [6, 6.07) is 0. The molecule has 2 nitrogen and oxygen atoms in total. The molecule has 0 spiro atoms. The molecule has 1 aliphatic carbocycles. The molecule has 3 N–H and O–H groups in total. The molecule has 2 unspecified atom stereocenters. The molecule has 0 amide bonds. The summed E-state index contributed by atoms with van der Waals surface area (Å²) < 4.78 is 0. The summed E-state index contributed by atoms with van der Waals surface area (Å²) in [6.45, 7) is 0.774. The van der Waals surface area contributed by atoms with Crippen LogP contribution >= 0.6 is 11.8 Å². The van der Waals surface area contributed by atoms with Gasteiger partial charge in [0.1, 0.15) is 0 Å². The number of hydrogen-bond acceptors (Lipinski definition) is 3. The van der Waals surface area contributed by atoms with Crippen molar-refractivity contribution in [3.8, 4) is 0 Å². The van der Waals surface area contributed by atoms with Gasteiger partial charge in [0, 0.05) is 5.25 Å². The fraction of sp³-hybridized carbons (Fsp3) is 1.00. The second-order valence-electron chi connectivity index (χ2n) is 3.76. The lowest BCUT2D eigenvalue weighted by Gasteiger charge is -2.19. The summed E-state index contributed by atoms with van der Waals surface area (Å²) in [7, 11) is 0. The maximum atomic E-state index is 9.80. The van der Waals surface area contributed by atoms with Crippen LogP contribution in [-0.4, -0.2) is 28.8 Å². The van der Waals surface area contributed by atoms with E-state index in [0.29, 0.717) is 5.25 Å². The van der Waals surface area contributed by atoms with Gasteiger partial charge in [0.15, 0.2) is 0 Å². The van der Waals surface area contributed by atoms with Crippen LogP contribution in [0.4, 0.5) is 0 Å². The molecule has 0 bridgehead atoms. The van der Waals surface area contributed by atoms with Crippen LogP contribution in [0.25, 0.3) is 0 Å². The Hall–Kier alpha value is 0.270. The fourth-order valence-electron chi connectivity index (χ4n) is 1.77. The zero-order chi connectivity index (χ0) is 9.52. The van der Waals surface area contributed by atoms with Gasteiger partial charge in [-0.3, -0.25) is 0 Å². The van der Waals surface area contributed by atoms with Crippen molar-refractivity contribution in [3.05, 3.63) is 0 Å². The van der Waals surface area contributed by atoms with Gasteiger partial charge in [0.05, 0.1) is 6.10 Å². The van der Waals surface area contributed by atoms with Crippen LogP contribution in [0.15, 0.2) is 0 Å². The number of aliphatic hydroxyl groups is 1. The number of nitrogens with two attached hydrogens (primary N) is 1. The van der Waals surface area contributed by atoms with E-state index >= 15 is 0 Å². The lowest BCUT2D eigenvalue weighted by atomic mass is 10.1. The monoisotopic (exact) mass is 203 g/mol. The third kappa shape index (κ3) is 4.34. The highest BCUT2D eigenvalue weighted by molar-refractivity contribution is 7.99. The zero-order valence-corrected chi connectivity index (χ0v) is 9.06. The topological polar surface area (TPSA) is 46.2 Å². The van der Waals surface area contributed by atoms with Crippen molar-refractivity contribution in [1.82, 2.24) is 0 Å². The van der Waals surface area contributed by atoms with E-state index in [1.807, 2.05) is 11.8 Å². The number of thioether (sulfide) groups is 1. The van der Waals surface area contributed by atoms with E-state index in [-0.39, 0.29) is 6.10 Å². The quantitative estimate of drug-likeness (QED) is 0.540. The van der Waals surface area contributed by atoms with Crippen LogP contribution in [0.5, 0.6) is 0 Å². The molecule has 0 aromatic rings. The second kappa shape index (κ2) is 6.68. The molecule has 13 heavy (non-hydrogen) atoms. The largest absolute Gasteiger partial charge is 0.392 e. The standard InChI is InChI=1S/C10H21NOS/c11-7-4-8-13-10-6-3-1-2-5-9(10)12/h9-10,12H,1-8,11H2. The molecule has 78 valence electrons. The summed E-state index contributed by atoms with van der Waals surface area (Å²) in [5.41, 5.74) is 5.43. The lowest BCUT2D eigenvalue weighted by Crippen LogP contribution is -2.22. The Morgan fingerprint density at radius 3 is 2.77 bits per heavy atom. The third-order valence-corrected chi connectivity index (χ3v) is 4.10. The van der Waals surface area contributed by atoms with E-state index in [1.54, 1.807) is 0 Å². The molecule has 3 heteroatoms. The molecule has 0 aromatic carbocycles. The maximum Gasteiger partial charge on any atom is 0.0658 e. The Morgan fingerprint density at radius 2 is 2.00 bits per heavy atom. The maximum absolute atomic E-state index is 9.80. The molecule has 0 aliphatic heterocycles. The Labute approximate surface area is 85.3 Å². The lowest BCUT2D eigenvalue weighted by molar-refractivity contribution is 0.163. The first-order chi connectivity index (χ1) is 6.34. The van der Waals surface area contributed by atoms with E-state index in [0.717, 1.165) is 25.1 Å². The molecule has 0 heterocycles. The Bertz CT molecular complexity index is 132. The minimum atomic E-state index is -0.0646. The van der Waals surface area contributed by atoms with Crippen LogP contribution in [0, 0.1) is 0 Å². The van der Waals surface area contributed by atoms with Gasteiger partial charge in [0.2, 0.25) is 0 Å². The highest BCUT2D eigenvalue weighted by Crippen LogP contribution is 2.27. The average molecular weight is 203 g/mol. The molecule has 0 aromatic heterocycles. The van der Waals surface area contributed by atoms with Gasteiger partial charge in [-0.1, -0.05) is 19.3 Å². The summed E-state index contributed by atoms with van der Waals surface area (Å²) in [4.78, 5) is 0. The third-order valence-electron chi connectivity index (χ3n) is 2.60. The van der Waals surface area contributed by atoms with Gasteiger partial charge in [-0.05, 0) is 31.6 Å². The van der Waals surface area contributed by atoms with Crippen molar-refractivity contribution >= 4 is 11.8 Å². The average Bonchev–Trinajstić information content (AvgIpc) is 2.32. The van der Waals surface area contributed by atoms with Crippen molar-refractivity contribution < 1.29 is 5.11 Å². The molecule has 1 fully saturated rings. The van der Waals surface area contributed by atoms with Crippen molar-refractivity contribution in [2.75, 3.05) is 12.3 Å². The molecule has 0 radical (unpaired) electrons. The molecule has 1 aliphatic rings. The first-order valence-electron chi connectivity index (χ1n) is 5.34. The molecule has 2 atom stereocenters. The van der Waals surface area contributed by atoms with Crippen molar-refractivity contribution in [2.24, 2.45) is 5.73 Å². The van der Waals surface area contributed by atoms with Gasteiger partial charge < -0.3 is 10.8 Å². The molecule has 1 rings (SSSR count). The van der Waals surface area contributed by atoms with Crippen LogP contribution in [0.2, 0.25) is 0 Å². The number of aliphatic hydroxyl groups excluding tert-OH is 1. The Kier molecular flexibility index (Phi) is 5.83. The van der Waals surface area contributed by atoms with E-state index in [9.17, 15) is 5.11 Å². The summed E-state index contributed by atoms with van der Waals surface area (Å²) in [5.74, 6) is 1.11. The van der Waals surface area contributed by atoms with Crippen molar-refractivity contribution in [3.63, 3.8) is 0 Å². The van der Waals surface area contributed by atoms with Crippen LogP contribution < -0.4 is 5.73 Å². The Balaban J connectivity index is 2.19. The number of rotatable bonds is 4. The van der Waals surface area contributed by atoms with E-state index in [1.165, 1.54) is 25.7 Å². The minimum absolute atomic E-state index is 0.0646. The Morgan fingerprint density at radius 1 is 1.23 bits per heavy atom. The highest BCUT2D eigenvalue weighted by atomic mass is 32.2. The van der Waals surface area contributed by atoms with E-state index in [2.05, 4.69) is 0 Å². The molecule has 1 saturated carbocycles. The molecular weight excluding hydrogens is 182 g/mol. The van der Waals surface area contributed by atoms with Crippen LogP contribution in [0.1, 0.15) is 38.5 Å². The summed E-state index contributed by atoms with van der Waals surface area (Å²) in [6.07, 6.45) is 6.99. The summed E-state index contributed by atoms with van der Waals surface area (Å²) in [5, 5.41) is 10.3. The zero-order valence-electron chi connectivity index (χ0n) is 8.24. The predicted octanol–water partition coefficient (Wildman–Crippen LogP) is 1.76. The van der Waals surface area contributed by atoms with Crippen molar-refractivity contribution in [1.29, 1.82) is 0 Å². The van der Waals surface area contributed by atoms with Crippen LogP contribution in [0.3, 0.4) is 0 Å². The van der Waals surface area contributed by atoms with E-state index in [4.69, 9.17) is 5.73 Å². The minimum Gasteiger partial charge on any atom is -0.392 e. The van der Waals surface area contributed by atoms with Crippen molar-refractivity contribution in [2.45, 2.75) is 49.9 Å². The first-order valence-corrected chi connectivity index (χ1v) is 6.39. The van der Waals surface area contributed by atoms with E-state index < -0.39 is 0 Å². The van der Waals surface area contributed by atoms with Gasteiger partial charge in [-0.2, -0.15) is 11.8 Å². The van der Waals surface area contributed by atoms with Gasteiger partial charge in [-0.15, -0.1) is 0 Å². The second-order valence-corrected chi connectivity index (χ2v) is 5.10. The molecule has 0 saturated heterocycles. The first kappa shape index (κ1) is 11.3. The SMILES string of the molecule is NCCCSC1CCCCCC1O. The smallest absolute Gasteiger partial charge is 0.0658 e. The highest BCUT2D eigenvalue weighted by Gasteiger charge is 2.21. The summed E-state index contributed by atoms with van der Waals surface area (Å²) >= 11 is 1.91. The normalized spacial score (nSPS) is 30.0. The van der Waals surface area contributed by atoms with Gasteiger partial charge >= 0.3 is 0 Å². The molecular formula is C10H21NOS. The predicted molar refractivity (Wildman–Crippen MR) is 59.0 cm³/mol. The van der Waals surface area contributed by atoms with Gasteiger partial charge in [-0.25, -0.2) is 0 Å². The van der Waals surface area contributed by atoms with Gasteiger partial charge in [0.25, 0.3) is 0 Å². The number of hydrogen-bond donors (Lipinski definition) is 2. The fourth-order valence-corrected chi connectivity index (χ4v) is 3.09. The van der Waals surface area contributed by atoms with Crippen LogP contribution in [-0.2, 0) is 0 Å².